The smallest absolute Gasteiger partial charge is 0.270 e. The van der Waals surface area contributed by atoms with Crippen molar-refractivity contribution in [1.29, 1.82) is 0 Å². The van der Waals surface area contributed by atoms with Crippen LogP contribution in [0.25, 0.3) is 6.08 Å². The number of nitro groups is 1. The molecule has 3 aromatic carbocycles. The van der Waals surface area contributed by atoms with E-state index in [1.807, 2.05) is 0 Å². The Morgan fingerprint density at radius 2 is 1.66 bits per heavy atom. The van der Waals surface area contributed by atoms with E-state index in [-0.39, 0.29) is 16.1 Å². The first-order chi connectivity index (χ1) is 13.8. The molecule has 0 fully saturated rings. The summed E-state index contributed by atoms with van der Waals surface area (Å²) >= 11 is 0. The van der Waals surface area contributed by atoms with Crippen LogP contribution in [0.4, 0.5) is 11.4 Å². The second kappa shape index (κ2) is 8.49. The summed E-state index contributed by atoms with van der Waals surface area (Å²) in [7, 11) is -3.85. The Kier molecular flexibility index (Phi) is 5.85. The summed E-state index contributed by atoms with van der Waals surface area (Å²) in [5, 5.41) is 10.8. The average molecular weight is 408 g/mol. The zero-order valence-electron chi connectivity index (χ0n) is 15.1. The summed E-state index contributed by atoms with van der Waals surface area (Å²) < 4.78 is 27.6. The number of ketones is 1. The molecule has 0 amide bonds. The van der Waals surface area contributed by atoms with Gasteiger partial charge in [-0.3, -0.25) is 19.6 Å². The lowest BCUT2D eigenvalue weighted by molar-refractivity contribution is -0.384. The summed E-state index contributed by atoms with van der Waals surface area (Å²) in [6.45, 7) is 0. The molecule has 8 heteroatoms. The van der Waals surface area contributed by atoms with Gasteiger partial charge >= 0.3 is 0 Å². The SMILES string of the molecule is O=C(/C=C/c1cccc([N+](=O)[O-])c1)c1cccc(S(=O)(=O)Nc2ccccc2)c1. The number of anilines is 1. The maximum Gasteiger partial charge on any atom is 0.270 e. The van der Waals surface area contributed by atoms with Gasteiger partial charge in [0.2, 0.25) is 0 Å². The number of rotatable bonds is 7. The monoisotopic (exact) mass is 408 g/mol. The zero-order valence-corrected chi connectivity index (χ0v) is 15.9. The first-order valence-corrected chi connectivity index (χ1v) is 9.98. The van der Waals surface area contributed by atoms with E-state index >= 15 is 0 Å². The zero-order chi connectivity index (χ0) is 20.9. The van der Waals surface area contributed by atoms with Crippen LogP contribution in [0.15, 0.2) is 89.8 Å². The molecule has 0 saturated carbocycles. The Morgan fingerprint density at radius 3 is 2.38 bits per heavy atom. The first kappa shape index (κ1) is 20.0. The highest BCUT2D eigenvalue weighted by Gasteiger charge is 2.16. The molecule has 0 saturated heterocycles. The molecule has 146 valence electrons. The maximum atomic E-state index is 12.6. The first-order valence-electron chi connectivity index (χ1n) is 8.50. The van der Waals surface area contributed by atoms with Crippen LogP contribution in [0.2, 0.25) is 0 Å². The predicted molar refractivity (Wildman–Crippen MR) is 110 cm³/mol. The number of nitro benzene ring substituents is 1. The number of nitrogens with zero attached hydrogens (tertiary/aromatic N) is 1. The Labute approximate surface area is 167 Å². The molecule has 0 radical (unpaired) electrons. The van der Waals surface area contributed by atoms with Gasteiger partial charge in [0.05, 0.1) is 9.82 Å². The normalized spacial score (nSPS) is 11.3. The Hall–Kier alpha value is -3.78. The minimum atomic E-state index is -3.85. The summed E-state index contributed by atoms with van der Waals surface area (Å²) in [6.07, 6.45) is 2.69. The van der Waals surface area contributed by atoms with E-state index in [9.17, 15) is 23.3 Å². The van der Waals surface area contributed by atoms with E-state index in [0.29, 0.717) is 11.3 Å². The third-order valence-corrected chi connectivity index (χ3v) is 5.34. The van der Waals surface area contributed by atoms with Crippen molar-refractivity contribution < 1.29 is 18.1 Å². The summed E-state index contributed by atoms with van der Waals surface area (Å²) in [5.74, 6) is -0.423. The van der Waals surface area contributed by atoms with Gasteiger partial charge in [0.1, 0.15) is 0 Å². The van der Waals surface area contributed by atoms with E-state index in [2.05, 4.69) is 4.72 Å². The molecule has 0 spiro atoms. The van der Waals surface area contributed by atoms with Gasteiger partial charge in [-0.15, -0.1) is 0 Å². The fraction of sp³-hybridized carbons (Fsp3) is 0. The molecule has 0 aliphatic carbocycles. The number of hydrogen-bond acceptors (Lipinski definition) is 5. The lowest BCUT2D eigenvalue weighted by Gasteiger charge is -2.08. The summed E-state index contributed by atoms with van der Waals surface area (Å²) in [6, 6.07) is 19.9. The van der Waals surface area contributed by atoms with Gasteiger partial charge in [0.15, 0.2) is 5.78 Å². The van der Waals surface area contributed by atoms with Crippen LogP contribution in [0, 0.1) is 10.1 Å². The van der Waals surface area contributed by atoms with Crippen molar-refractivity contribution in [2.75, 3.05) is 4.72 Å². The van der Waals surface area contributed by atoms with Crippen molar-refractivity contribution in [3.05, 3.63) is 106 Å². The van der Waals surface area contributed by atoms with Crippen LogP contribution in [0.3, 0.4) is 0 Å². The van der Waals surface area contributed by atoms with Crippen LogP contribution in [-0.2, 0) is 10.0 Å². The molecule has 3 rings (SSSR count). The van der Waals surface area contributed by atoms with E-state index < -0.39 is 20.7 Å². The lowest BCUT2D eigenvalue weighted by Crippen LogP contribution is -2.13. The van der Waals surface area contributed by atoms with Crippen LogP contribution in [0.5, 0.6) is 0 Å². The number of carbonyl (C=O) groups excluding carboxylic acids is 1. The molecule has 7 nitrogen and oxygen atoms in total. The second-order valence-corrected chi connectivity index (χ2v) is 7.73. The maximum absolute atomic E-state index is 12.6. The molecule has 1 N–H and O–H groups in total. The van der Waals surface area contributed by atoms with Gasteiger partial charge < -0.3 is 0 Å². The Balaban J connectivity index is 1.81. The highest BCUT2D eigenvalue weighted by atomic mass is 32.2. The van der Waals surface area contributed by atoms with E-state index in [1.54, 1.807) is 36.4 Å². The predicted octanol–water partition coefficient (Wildman–Crippen LogP) is 4.29. The number of para-hydroxylation sites is 1. The molecule has 29 heavy (non-hydrogen) atoms. The summed E-state index contributed by atoms with van der Waals surface area (Å²) in [5.41, 5.74) is 0.999. The summed E-state index contributed by atoms with van der Waals surface area (Å²) in [4.78, 5) is 22.7. The van der Waals surface area contributed by atoms with Crippen molar-refractivity contribution in [3.8, 4) is 0 Å². The number of hydrogen-bond donors (Lipinski definition) is 1. The van der Waals surface area contributed by atoms with E-state index in [1.165, 1.54) is 54.6 Å². The minimum absolute atomic E-state index is 0.0454. The number of carbonyl (C=O) groups is 1. The topological polar surface area (TPSA) is 106 Å². The molecule has 3 aromatic rings. The van der Waals surface area contributed by atoms with Gasteiger partial charge in [-0.2, -0.15) is 0 Å². The van der Waals surface area contributed by atoms with Crippen LogP contribution >= 0.6 is 0 Å². The van der Waals surface area contributed by atoms with Crippen molar-refractivity contribution in [3.63, 3.8) is 0 Å². The molecular weight excluding hydrogens is 392 g/mol. The van der Waals surface area contributed by atoms with Crippen molar-refractivity contribution in [1.82, 2.24) is 0 Å². The number of nitrogens with one attached hydrogen (secondary N) is 1. The van der Waals surface area contributed by atoms with Gasteiger partial charge in [0.25, 0.3) is 15.7 Å². The van der Waals surface area contributed by atoms with Gasteiger partial charge in [-0.25, -0.2) is 8.42 Å². The quantitative estimate of drug-likeness (QED) is 0.272. The molecule has 0 heterocycles. The van der Waals surface area contributed by atoms with E-state index in [0.717, 1.165) is 0 Å². The highest BCUT2D eigenvalue weighted by Crippen LogP contribution is 2.18. The molecule has 0 aromatic heterocycles. The second-order valence-electron chi connectivity index (χ2n) is 6.05. The molecular formula is C21H16N2O5S. The molecule has 0 aliphatic rings. The highest BCUT2D eigenvalue weighted by molar-refractivity contribution is 7.92. The fourth-order valence-corrected chi connectivity index (χ4v) is 3.65. The lowest BCUT2D eigenvalue weighted by atomic mass is 10.1. The molecule has 0 atom stereocenters. The molecule has 0 unspecified atom stereocenters. The minimum Gasteiger partial charge on any atom is -0.289 e. The Bertz CT molecular complexity index is 1190. The molecule has 0 aliphatic heterocycles. The van der Waals surface area contributed by atoms with E-state index in [4.69, 9.17) is 0 Å². The van der Waals surface area contributed by atoms with Crippen LogP contribution < -0.4 is 4.72 Å². The van der Waals surface area contributed by atoms with Gasteiger partial charge in [0, 0.05) is 23.4 Å². The fourth-order valence-electron chi connectivity index (χ4n) is 2.55. The largest absolute Gasteiger partial charge is 0.289 e. The van der Waals surface area contributed by atoms with Gasteiger partial charge in [-0.1, -0.05) is 48.5 Å². The standard InChI is InChI=1S/C21H16N2O5S/c24-21(13-12-16-6-4-10-19(14-16)23(25)26)17-7-5-11-20(15-17)29(27,28)22-18-8-2-1-3-9-18/h1-15,22H/b13-12+. The third kappa shape index (κ3) is 5.14. The Morgan fingerprint density at radius 1 is 0.931 bits per heavy atom. The number of sulfonamides is 1. The van der Waals surface area contributed by atoms with Crippen molar-refractivity contribution in [2.45, 2.75) is 4.90 Å². The van der Waals surface area contributed by atoms with Crippen LogP contribution in [0.1, 0.15) is 15.9 Å². The number of benzene rings is 3. The van der Waals surface area contributed by atoms with Crippen molar-refractivity contribution >= 4 is 33.3 Å². The van der Waals surface area contributed by atoms with Gasteiger partial charge in [-0.05, 0) is 35.9 Å². The van der Waals surface area contributed by atoms with Crippen LogP contribution in [-0.4, -0.2) is 19.1 Å². The average Bonchev–Trinajstić information content (AvgIpc) is 2.72. The molecule has 0 bridgehead atoms. The number of non-ortho nitro benzene ring substituents is 1. The van der Waals surface area contributed by atoms with Crippen molar-refractivity contribution in [2.24, 2.45) is 0 Å². The third-order valence-electron chi connectivity index (χ3n) is 3.96. The number of allylic oxidation sites excluding steroid dienone is 1.